The van der Waals surface area contributed by atoms with Crippen LogP contribution in [-0.4, -0.2) is 50.0 Å². The van der Waals surface area contributed by atoms with Gasteiger partial charge in [0.05, 0.1) is 12.4 Å². The number of carbonyl (C=O) groups excluding carboxylic acids is 1. The molecule has 0 N–H and O–H groups in total. The summed E-state index contributed by atoms with van der Waals surface area (Å²) in [5.41, 5.74) is 2.86. The van der Waals surface area contributed by atoms with E-state index in [0.717, 1.165) is 22.6 Å². The van der Waals surface area contributed by atoms with Gasteiger partial charge in [0.25, 0.3) is 0 Å². The van der Waals surface area contributed by atoms with E-state index in [1.165, 1.54) is 11.8 Å². The minimum atomic E-state index is -0.342. The normalized spacial score (nSPS) is 11.7. The van der Waals surface area contributed by atoms with Gasteiger partial charge in [-0.2, -0.15) is 0 Å². The number of aromatic nitrogens is 4. The van der Waals surface area contributed by atoms with E-state index in [-0.39, 0.29) is 11.2 Å². The molecule has 0 bridgehead atoms. The molecule has 1 atom stereocenters. The molecule has 0 aliphatic rings. The highest BCUT2D eigenvalue weighted by molar-refractivity contribution is 8.00. The van der Waals surface area contributed by atoms with Gasteiger partial charge >= 0.3 is 0 Å². The van der Waals surface area contributed by atoms with E-state index in [1.807, 2.05) is 85.3 Å². The van der Waals surface area contributed by atoms with Crippen LogP contribution in [0.1, 0.15) is 12.5 Å². The van der Waals surface area contributed by atoms with Gasteiger partial charge < -0.3 is 9.64 Å². The van der Waals surface area contributed by atoms with Crippen LogP contribution in [0.15, 0.2) is 84.3 Å². The van der Waals surface area contributed by atoms with Crippen LogP contribution in [0.2, 0.25) is 0 Å². The van der Waals surface area contributed by atoms with E-state index in [9.17, 15) is 4.79 Å². The monoisotopic (exact) mass is 459 g/mol. The van der Waals surface area contributed by atoms with E-state index < -0.39 is 0 Å². The fourth-order valence-corrected chi connectivity index (χ4v) is 4.43. The molecule has 2 aromatic carbocycles. The Morgan fingerprint density at radius 2 is 1.73 bits per heavy atom. The lowest BCUT2D eigenvalue weighted by Crippen LogP contribution is -2.32. The van der Waals surface area contributed by atoms with Crippen LogP contribution in [0, 0.1) is 0 Å². The average molecular weight is 460 g/mol. The number of rotatable bonds is 8. The molecular weight excluding hydrogens is 434 g/mol. The van der Waals surface area contributed by atoms with E-state index in [2.05, 4.69) is 15.2 Å². The third kappa shape index (κ3) is 5.23. The number of ether oxygens (including phenoxy) is 1. The van der Waals surface area contributed by atoms with Crippen LogP contribution in [0.5, 0.6) is 5.75 Å². The van der Waals surface area contributed by atoms with Gasteiger partial charge in [0.2, 0.25) is 5.91 Å². The Kier molecular flexibility index (Phi) is 7.04. The highest BCUT2D eigenvalue weighted by Crippen LogP contribution is 2.31. The molecule has 4 rings (SSSR count). The summed E-state index contributed by atoms with van der Waals surface area (Å²) in [4.78, 5) is 18.9. The van der Waals surface area contributed by atoms with Gasteiger partial charge in [0.15, 0.2) is 11.0 Å². The Bertz CT molecular complexity index is 1200. The lowest BCUT2D eigenvalue weighted by atomic mass is 10.2. The molecule has 0 spiro atoms. The van der Waals surface area contributed by atoms with Gasteiger partial charge in [-0.1, -0.05) is 42.1 Å². The van der Waals surface area contributed by atoms with Crippen LogP contribution in [0.4, 0.5) is 0 Å². The number of amides is 1. The molecule has 0 fully saturated rings. The maximum Gasteiger partial charge on any atom is 0.235 e. The van der Waals surface area contributed by atoms with Crippen LogP contribution in [-0.2, 0) is 11.3 Å². The molecule has 1 unspecified atom stereocenters. The van der Waals surface area contributed by atoms with Crippen molar-refractivity contribution in [1.82, 2.24) is 24.6 Å². The molecule has 7 nitrogen and oxygen atoms in total. The third-order valence-electron chi connectivity index (χ3n) is 5.17. The molecule has 0 aliphatic carbocycles. The molecule has 2 heterocycles. The zero-order valence-corrected chi connectivity index (χ0v) is 19.6. The smallest absolute Gasteiger partial charge is 0.235 e. The van der Waals surface area contributed by atoms with E-state index in [0.29, 0.717) is 17.5 Å². The molecule has 4 aromatic rings. The fraction of sp³-hybridized carbons (Fsp3) is 0.200. The zero-order chi connectivity index (χ0) is 23.2. The molecule has 0 aliphatic heterocycles. The van der Waals surface area contributed by atoms with Crippen LogP contribution in [0.3, 0.4) is 0 Å². The minimum absolute atomic E-state index is 0.0265. The average Bonchev–Trinajstić information content (AvgIpc) is 3.28. The quantitative estimate of drug-likeness (QED) is 0.362. The van der Waals surface area contributed by atoms with Gasteiger partial charge in [0, 0.05) is 37.2 Å². The van der Waals surface area contributed by atoms with Crippen LogP contribution >= 0.6 is 11.8 Å². The van der Waals surface area contributed by atoms with E-state index in [1.54, 1.807) is 24.4 Å². The van der Waals surface area contributed by atoms with Crippen LogP contribution in [0.25, 0.3) is 17.1 Å². The number of carbonyl (C=O) groups is 1. The van der Waals surface area contributed by atoms with Gasteiger partial charge in [-0.05, 0) is 48.9 Å². The van der Waals surface area contributed by atoms with Crippen LogP contribution < -0.4 is 4.74 Å². The summed E-state index contributed by atoms with van der Waals surface area (Å²) in [6, 6.07) is 21.4. The summed E-state index contributed by atoms with van der Waals surface area (Å²) in [6.45, 7) is 2.45. The minimum Gasteiger partial charge on any atom is -0.497 e. The number of thioether (sulfide) groups is 1. The Labute approximate surface area is 197 Å². The molecule has 2 aromatic heterocycles. The van der Waals surface area contributed by atoms with E-state index >= 15 is 0 Å². The van der Waals surface area contributed by atoms with Crippen molar-refractivity contribution in [2.45, 2.75) is 23.9 Å². The Morgan fingerprint density at radius 1 is 1.03 bits per heavy atom. The predicted molar refractivity (Wildman–Crippen MR) is 129 cm³/mol. The second-order valence-corrected chi connectivity index (χ2v) is 8.82. The number of hydrogen-bond acceptors (Lipinski definition) is 6. The summed E-state index contributed by atoms with van der Waals surface area (Å²) in [5.74, 6) is 1.47. The topological polar surface area (TPSA) is 73.1 Å². The van der Waals surface area contributed by atoms with Gasteiger partial charge in [-0.3, -0.25) is 14.3 Å². The Balaban J connectivity index is 1.61. The number of nitrogens with zero attached hydrogens (tertiary/aromatic N) is 5. The highest BCUT2D eigenvalue weighted by atomic mass is 32.2. The number of hydrogen-bond donors (Lipinski definition) is 0. The molecule has 0 radical (unpaired) electrons. The zero-order valence-electron chi connectivity index (χ0n) is 18.8. The van der Waals surface area contributed by atoms with Gasteiger partial charge in [-0.15, -0.1) is 10.2 Å². The third-order valence-corrected chi connectivity index (χ3v) is 6.20. The maximum absolute atomic E-state index is 13.1. The van der Waals surface area contributed by atoms with Crippen molar-refractivity contribution in [1.29, 1.82) is 0 Å². The Morgan fingerprint density at radius 3 is 2.39 bits per heavy atom. The molecule has 0 saturated carbocycles. The van der Waals surface area contributed by atoms with Gasteiger partial charge in [-0.25, -0.2) is 0 Å². The molecule has 33 heavy (non-hydrogen) atoms. The first-order valence-corrected chi connectivity index (χ1v) is 11.4. The summed E-state index contributed by atoms with van der Waals surface area (Å²) >= 11 is 1.39. The summed E-state index contributed by atoms with van der Waals surface area (Å²) in [7, 11) is 3.46. The van der Waals surface area contributed by atoms with Gasteiger partial charge in [0.1, 0.15) is 5.75 Å². The van der Waals surface area contributed by atoms with Crippen molar-refractivity contribution in [2.75, 3.05) is 14.2 Å². The second-order valence-electron chi connectivity index (χ2n) is 7.52. The first kappa shape index (κ1) is 22.5. The summed E-state index contributed by atoms with van der Waals surface area (Å²) in [6.07, 6.45) is 3.44. The van der Waals surface area contributed by atoms with E-state index in [4.69, 9.17) is 4.74 Å². The Hall–Kier alpha value is -3.65. The van der Waals surface area contributed by atoms with Crippen molar-refractivity contribution in [3.8, 4) is 22.8 Å². The molecule has 0 saturated heterocycles. The SMILES string of the molecule is COc1ccc(-n2c(SC(C)C(=O)N(C)Cc3ccccc3)nnc2-c2ccncc2)cc1. The molecule has 1 amide bonds. The molecule has 168 valence electrons. The standard InChI is InChI=1S/C25H25N5O2S/c1-18(24(31)29(2)17-19-7-5-4-6-8-19)33-25-28-27-23(20-13-15-26-16-14-20)30(25)21-9-11-22(32-3)12-10-21/h4-16,18H,17H2,1-3H3. The first-order valence-electron chi connectivity index (χ1n) is 10.5. The van der Waals surface area contributed by atoms with Crippen molar-refractivity contribution >= 4 is 17.7 Å². The van der Waals surface area contributed by atoms with Crippen molar-refractivity contribution < 1.29 is 9.53 Å². The maximum atomic E-state index is 13.1. The molecular formula is C25H25N5O2S. The number of pyridine rings is 1. The fourth-order valence-electron chi connectivity index (χ4n) is 3.45. The highest BCUT2D eigenvalue weighted by Gasteiger charge is 2.24. The lowest BCUT2D eigenvalue weighted by Gasteiger charge is -2.21. The predicted octanol–water partition coefficient (Wildman–Crippen LogP) is 4.48. The van der Waals surface area contributed by atoms with Crippen molar-refractivity contribution in [3.63, 3.8) is 0 Å². The largest absolute Gasteiger partial charge is 0.497 e. The summed E-state index contributed by atoms with van der Waals surface area (Å²) in [5, 5.41) is 9.17. The summed E-state index contributed by atoms with van der Waals surface area (Å²) < 4.78 is 7.26. The number of benzene rings is 2. The van der Waals surface area contributed by atoms with Crippen molar-refractivity contribution in [3.05, 3.63) is 84.7 Å². The number of methoxy groups -OCH3 is 1. The second kappa shape index (κ2) is 10.3. The van der Waals surface area contributed by atoms with Crippen molar-refractivity contribution in [2.24, 2.45) is 0 Å². The molecule has 8 heteroatoms. The first-order chi connectivity index (χ1) is 16.1. The lowest BCUT2D eigenvalue weighted by molar-refractivity contribution is -0.129.